The van der Waals surface area contributed by atoms with E-state index >= 15 is 0 Å². The Morgan fingerprint density at radius 3 is 2.10 bits per heavy atom. The van der Waals surface area contributed by atoms with E-state index in [1.54, 1.807) is 0 Å². The first-order chi connectivity index (χ1) is 5.00. The Balaban J connectivity index is 0.0000001000. The van der Waals surface area contributed by atoms with Crippen LogP contribution in [0.25, 0.3) is 0 Å². The molecule has 0 saturated heterocycles. The molecule has 0 bridgehead atoms. The van der Waals surface area contributed by atoms with Gasteiger partial charge in [0, 0.05) is 12.4 Å². The Kier molecular flexibility index (Phi) is 2.82. The number of nitrogens with one attached hydrogen (secondary N) is 2. The minimum absolute atomic E-state index is 1.44. The first-order valence-electron chi connectivity index (χ1n) is 2.86. The number of hydrogen-bond acceptors (Lipinski definition) is 2. The molecule has 4 heteroatoms. The fourth-order valence-corrected chi connectivity index (χ4v) is 0.444. The fourth-order valence-electron chi connectivity index (χ4n) is 0.444. The van der Waals surface area contributed by atoms with Crippen molar-refractivity contribution < 1.29 is 0 Å². The molecule has 10 heavy (non-hydrogen) atoms. The average molecular weight is 136 g/mol. The van der Waals surface area contributed by atoms with Gasteiger partial charge in [0.05, 0.1) is 0 Å². The zero-order valence-electron chi connectivity index (χ0n) is 5.36. The summed E-state index contributed by atoms with van der Waals surface area (Å²) in [4.78, 5) is 6.42. The van der Waals surface area contributed by atoms with Crippen molar-refractivity contribution in [3.8, 4) is 0 Å². The Morgan fingerprint density at radius 2 is 1.90 bits per heavy atom. The molecule has 0 aromatic carbocycles. The van der Waals surface area contributed by atoms with Gasteiger partial charge < -0.3 is 4.98 Å². The van der Waals surface area contributed by atoms with Gasteiger partial charge in [0.15, 0.2) is 0 Å². The number of nitrogens with zero attached hydrogens (tertiary/aromatic N) is 2. The molecule has 2 heterocycles. The third kappa shape index (κ3) is 2.66. The van der Waals surface area contributed by atoms with Crippen LogP contribution >= 0.6 is 0 Å². The molecule has 4 nitrogen and oxygen atoms in total. The molecule has 0 aliphatic heterocycles. The van der Waals surface area contributed by atoms with Crippen LogP contribution in [0.3, 0.4) is 0 Å². The Hall–Kier alpha value is -1.58. The van der Waals surface area contributed by atoms with Crippen LogP contribution in [0.1, 0.15) is 0 Å². The van der Waals surface area contributed by atoms with E-state index in [0.29, 0.717) is 0 Å². The lowest BCUT2D eigenvalue weighted by molar-refractivity contribution is 1.09. The Morgan fingerprint density at radius 1 is 1.10 bits per heavy atom. The molecular formula is C6H8N4. The van der Waals surface area contributed by atoms with Crippen molar-refractivity contribution in [2.24, 2.45) is 0 Å². The number of H-pyrrole nitrogens is 2. The van der Waals surface area contributed by atoms with E-state index < -0.39 is 0 Å². The predicted molar refractivity (Wildman–Crippen MR) is 37.2 cm³/mol. The number of aromatic amines is 2. The van der Waals surface area contributed by atoms with Gasteiger partial charge in [-0.15, -0.1) is 0 Å². The lowest BCUT2D eigenvalue weighted by Crippen LogP contribution is -1.53. The lowest BCUT2D eigenvalue weighted by Gasteiger charge is -1.49. The number of hydrogen-bond donors (Lipinski definition) is 2. The van der Waals surface area contributed by atoms with E-state index in [1.807, 2.05) is 24.5 Å². The average Bonchev–Trinajstić information content (AvgIpc) is 2.67. The number of rotatable bonds is 0. The summed E-state index contributed by atoms with van der Waals surface area (Å²) in [6.45, 7) is 0. The monoisotopic (exact) mass is 136 g/mol. The molecule has 2 aromatic heterocycles. The molecule has 0 atom stereocenters. The van der Waals surface area contributed by atoms with E-state index in [2.05, 4.69) is 20.2 Å². The van der Waals surface area contributed by atoms with Gasteiger partial charge in [-0.3, -0.25) is 5.10 Å². The maximum atomic E-state index is 3.56. The minimum Gasteiger partial charge on any atom is -0.368 e. The Bertz CT molecular complexity index is 149. The largest absolute Gasteiger partial charge is 0.368 e. The second-order valence-corrected chi connectivity index (χ2v) is 1.54. The maximum Gasteiger partial charge on any atom is 0.137 e. The summed E-state index contributed by atoms with van der Waals surface area (Å²) < 4.78 is 0. The summed E-state index contributed by atoms with van der Waals surface area (Å²) in [5.74, 6) is 0. The second-order valence-electron chi connectivity index (χ2n) is 1.54. The van der Waals surface area contributed by atoms with Gasteiger partial charge in [-0.05, 0) is 12.1 Å². The van der Waals surface area contributed by atoms with Gasteiger partial charge in [-0.25, -0.2) is 4.98 Å². The van der Waals surface area contributed by atoms with Crippen molar-refractivity contribution in [2.75, 3.05) is 0 Å². The van der Waals surface area contributed by atoms with Gasteiger partial charge >= 0.3 is 0 Å². The van der Waals surface area contributed by atoms with Gasteiger partial charge in [-0.1, -0.05) is 0 Å². The van der Waals surface area contributed by atoms with Crippen LogP contribution in [-0.2, 0) is 0 Å². The first kappa shape index (κ1) is 6.54. The fraction of sp³-hybridized carbons (Fsp3) is 0. The molecule has 0 unspecified atom stereocenters. The van der Waals surface area contributed by atoms with Crippen LogP contribution in [0.5, 0.6) is 0 Å². The van der Waals surface area contributed by atoms with E-state index in [1.165, 1.54) is 12.7 Å². The van der Waals surface area contributed by atoms with E-state index in [-0.39, 0.29) is 0 Å². The smallest absolute Gasteiger partial charge is 0.137 e. The third-order valence-corrected chi connectivity index (χ3v) is 0.827. The van der Waals surface area contributed by atoms with E-state index in [4.69, 9.17) is 0 Å². The molecule has 2 N–H and O–H groups in total. The van der Waals surface area contributed by atoms with Crippen molar-refractivity contribution >= 4 is 0 Å². The standard InChI is InChI=1S/C4H5N.C2H3N3/c1-2-4-5-3-1;1-3-2-5-4-1/h1-5H;1-2H,(H,3,4,5). The summed E-state index contributed by atoms with van der Waals surface area (Å²) >= 11 is 0. The van der Waals surface area contributed by atoms with Crippen molar-refractivity contribution in [1.82, 2.24) is 20.2 Å². The quantitative estimate of drug-likeness (QED) is 0.563. The molecule has 0 fully saturated rings. The molecule has 0 spiro atoms. The molecule has 0 aliphatic carbocycles. The topological polar surface area (TPSA) is 57.4 Å². The molecular weight excluding hydrogens is 128 g/mol. The zero-order valence-corrected chi connectivity index (χ0v) is 5.36. The normalized spacial score (nSPS) is 8.00. The van der Waals surface area contributed by atoms with Crippen LogP contribution in [0, 0.1) is 0 Å². The SMILES string of the molecule is c1cc[nH]c1.c1nc[nH]n1. The minimum atomic E-state index is 1.44. The summed E-state index contributed by atoms with van der Waals surface area (Å²) in [5, 5.41) is 5.99. The van der Waals surface area contributed by atoms with Crippen molar-refractivity contribution in [1.29, 1.82) is 0 Å². The number of aromatic nitrogens is 4. The van der Waals surface area contributed by atoms with Gasteiger partial charge in [-0.2, -0.15) is 5.10 Å². The third-order valence-electron chi connectivity index (χ3n) is 0.827. The summed E-state index contributed by atoms with van der Waals surface area (Å²) in [6.07, 6.45) is 6.71. The van der Waals surface area contributed by atoms with Crippen LogP contribution in [0.4, 0.5) is 0 Å². The molecule has 2 rings (SSSR count). The molecule has 0 aliphatic rings. The van der Waals surface area contributed by atoms with Crippen molar-refractivity contribution in [3.05, 3.63) is 37.2 Å². The van der Waals surface area contributed by atoms with E-state index in [0.717, 1.165) is 0 Å². The summed E-state index contributed by atoms with van der Waals surface area (Å²) in [5.41, 5.74) is 0. The second kappa shape index (κ2) is 4.31. The van der Waals surface area contributed by atoms with Crippen LogP contribution in [0.15, 0.2) is 37.2 Å². The van der Waals surface area contributed by atoms with Gasteiger partial charge in [0.1, 0.15) is 12.7 Å². The van der Waals surface area contributed by atoms with Gasteiger partial charge in [0.2, 0.25) is 0 Å². The van der Waals surface area contributed by atoms with Crippen LogP contribution in [0.2, 0.25) is 0 Å². The maximum absolute atomic E-state index is 3.56. The zero-order chi connectivity index (χ0) is 7.07. The highest BCUT2D eigenvalue weighted by atomic mass is 15.2. The molecule has 52 valence electrons. The molecule has 2 aromatic rings. The molecule has 0 radical (unpaired) electrons. The molecule has 0 saturated carbocycles. The lowest BCUT2D eigenvalue weighted by atomic mass is 10.7. The van der Waals surface area contributed by atoms with Crippen LogP contribution in [-0.4, -0.2) is 20.2 Å². The molecule has 0 amide bonds. The van der Waals surface area contributed by atoms with Crippen molar-refractivity contribution in [2.45, 2.75) is 0 Å². The van der Waals surface area contributed by atoms with Gasteiger partial charge in [0.25, 0.3) is 0 Å². The van der Waals surface area contributed by atoms with E-state index in [9.17, 15) is 0 Å². The highest BCUT2D eigenvalue weighted by Crippen LogP contribution is 1.72. The van der Waals surface area contributed by atoms with Crippen LogP contribution < -0.4 is 0 Å². The summed E-state index contributed by atoms with van der Waals surface area (Å²) in [6, 6.07) is 3.89. The Labute approximate surface area is 58.3 Å². The summed E-state index contributed by atoms with van der Waals surface area (Å²) in [7, 11) is 0. The van der Waals surface area contributed by atoms with Crippen molar-refractivity contribution in [3.63, 3.8) is 0 Å². The first-order valence-corrected chi connectivity index (χ1v) is 2.86. The highest BCUT2D eigenvalue weighted by molar-refractivity contribution is 4.84. The highest BCUT2D eigenvalue weighted by Gasteiger charge is 1.57. The predicted octanol–water partition coefficient (Wildman–Crippen LogP) is 0.819.